The van der Waals surface area contributed by atoms with Crippen LogP contribution < -0.4 is 0 Å². The molecule has 0 aromatic rings. The molecule has 0 nitrogen and oxygen atoms in total. The van der Waals surface area contributed by atoms with Gasteiger partial charge in [0.25, 0.3) is 0 Å². The highest BCUT2D eigenvalue weighted by molar-refractivity contribution is 7.99. The van der Waals surface area contributed by atoms with Crippen LogP contribution in [0.3, 0.4) is 0 Å². The molecule has 0 amide bonds. The number of unbranched alkanes of at least 4 members (excludes halogenated alkanes) is 4. The van der Waals surface area contributed by atoms with Crippen LogP contribution in [0.2, 0.25) is 0 Å². The van der Waals surface area contributed by atoms with Gasteiger partial charge in [-0.15, -0.1) is 0 Å². The average Bonchev–Trinajstić information content (AvgIpc) is 2.10. The van der Waals surface area contributed by atoms with Crippen molar-refractivity contribution in [3.05, 3.63) is 0 Å². The lowest BCUT2D eigenvalue weighted by molar-refractivity contribution is 0.706. The molecule has 0 rings (SSSR count). The Kier molecular flexibility index (Phi) is 14.3. The minimum Gasteiger partial charge on any atom is -0.162 e. The second-order valence-corrected chi connectivity index (χ2v) is 4.10. The first kappa shape index (κ1) is 12.3. The van der Waals surface area contributed by atoms with Crippen molar-refractivity contribution in [1.29, 1.82) is 0 Å². The van der Waals surface area contributed by atoms with E-state index in [1.165, 1.54) is 43.6 Å². The van der Waals surface area contributed by atoms with Crippen LogP contribution in [0.15, 0.2) is 0 Å². The van der Waals surface area contributed by atoms with E-state index in [0.717, 1.165) is 6.42 Å². The average molecular weight is 192 g/mol. The summed E-state index contributed by atoms with van der Waals surface area (Å²) in [7, 11) is 0. The zero-order valence-corrected chi connectivity index (χ0v) is 8.59. The SMILES string of the molecule is C.[3H]CCCCSCCCCCC. The molecule has 0 saturated heterocycles. The van der Waals surface area contributed by atoms with Crippen molar-refractivity contribution in [2.24, 2.45) is 0 Å². The van der Waals surface area contributed by atoms with E-state index in [4.69, 9.17) is 1.37 Å². The van der Waals surface area contributed by atoms with Crippen molar-refractivity contribution in [2.45, 2.75) is 59.8 Å². The van der Waals surface area contributed by atoms with Crippen LogP contribution in [-0.2, 0) is 0 Å². The number of rotatable bonds is 8. The van der Waals surface area contributed by atoms with Crippen molar-refractivity contribution < 1.29 is 1.37 Å². The van der Waals surface area contributed by atoms with Crippen molar-refractivity contribution >= 4 is 11.8 Å². The van der Waals surface area contributed by atoms with E-state index < -0.39 is 0 Å². The Morgan fingerprint density at radius 3 is 2.42 bits per heavy atom. The van der Waals surface area contributed by atoms with Crippen LogP contribution in [0, 0.1) is 0 Å². The third kappa shape index (κ3) is 13.0. The molecular formula is C11H26S. The Morgan fingerprint density at radius 1 is 1.00 bits per heavy atom. The zero-order chi connectivity index (χ0) is 9.07. The van der Waals surface area contributed by atoms with Gasteiger partial charge >= 0.3 is 0 Å². The fourth-order valence-corrected chi connectivity index (χ4v) is 1.96. The molecule has 0 aromatic carbocycles. The molecule has 1 heteroatoms. The first-order valence-electron chi connectivity index (χ1n) is 5.49. The van der Waals surface area contributed by atoms with E-state index in [0.29, 0.717) is 6.90 Å². The highest BCUT2D eigenvalue weighted by Gasteiger charge is 1.88. The molecule has 0 aliphatic carbocycles. The lowest BCUT2D eigenvalue weighted by Crippen LogP contribution is -1.83. The third-order valence-electron chi connectivity index (χ3n) is 1.68. The molecule has 0 spiro atoms. The molecule has 76 valence electrons. The van der Waals surface area contributed by atoms with Gasteiger partial charge in [0.15, 0.2) is 0 Å². The number of hydrogen-bond acceptors (Lipinski definition) is 1. The van der Waals surface area contributed by atoms with E-state index in [-0.39, 0.29) is 7.43 Å². The fourth-order valence-electron chi connectivity index (χ4n) is 0.937. The summed E-state index contributed by atoms with van der Waals surface area (Å²) in [6.45, 7) is 2.86. The molecule has 0 aliphatic rings. The van der Waals surface area contributed by atoms with Gasteiger partial charge in [-0.05, 0) is 24.3 Å². The van der Waals surface area contributed by atoms with Gasteiger partial charge in [0.2, 0.25) is 0 Å². The quantitative estimate of drug-likeness (QED) is 0.501. The minimum atomic E-state index is 0. The predicted octanol–water partition coefficient (Wildman–Crippen LogP) is 4.74. The van der Waals surface area contributed by atoms with Gasteiger partial charge in [0, 0.05) is 1.37 Å². The maximum Gasteiger partial charge on any atom is 0.0230 e. The van der Waals surface area contributed by atoms with Crippen molar-refractivity contribution in [1.82, 2.24) is 0 Å². The summed E-state index contributed by atoms with van der Waals surface area (Å²) < 4.78 is 6.96. The summed E-state index contributed by atoms with van der Waals surface area (Å²) in [6, 6.07) is 0. The Hall–Kier alpha value is 0.350. The highest BCUT2D eigenvalue weighted by atomic mass is 32.2. The Balaban J connectivity index is 0. The molecule has 0 aromatic heterocycles. The van der Waals surface area contributed by atoms with Crippen molar-refractivity contribution in [3.63, 3.8) is 0 Å². The fraction of sp³-hybridized carbons (Fsp3) is 1.00. The first-order chi connectivity index (χ1) is 5.91. The summed E-state index contributed by atoms with van der Waals surface area (Å²) >= 11 is 2.06. The third-order valence-corrected chi connectivity index (χ3v) is 2.84. The summed E-state index contributed by atoms with van der Waals surface area (Å²) in [5, 5.41) is 0. The molecule has 0 atom stereocenters. The van der Waals surface area contributed by atoms with E-state index in [9.17, 15) is 0 Å². The number of hydrogen-bond donors (Lipinski definition) is 0. The highest BCUT2D eigenvalue weighted by Crippen LogP contribution is 2.09. The lowest BCUT2D eigenvalue weighted by Gasteiger charge is -1.99. The summed E-state index contributed by atoms with van der Waals surface area (Å²) in [5.41, 5.74) is 0. The van der Waals surface area contributed by atoms with E-state index >= 15 is 0 Å². The van der Waals surface area contributed by atoms with E-state index in [2.05, 4.69) is 18.7 Å². The molecule has 0 aliphatic heterocycles. The molecule has 0 bridgehead atoms. The molecule has 0 N–H and O–H groups in total. The van der Waals surface area contributed by atoms with Gasteiger partial charge in [-0.25, -0.2) is 0 Å². The molecule has 0 unspecified atom stereocenters. The Bertz CT molecular complexity index is 66.5. The van der Waals surface area contributed by atoms with Crippen molar-refractivity contribution in [2.75, 3.05) is 11.5 Å². The standard InChI is InChI=1S/C10H22S.CH4/c1-3-5-7-8-10-11-9-6-4-2;/h3-10H2,1-2H3;1H4/i2T;. The Morgan fingerprint density at radius 2 is 1.75 bits per heavy atom. The van der Waals surface area contributed by atoms with Crippen LogP contribution in [0.1, 0.15) is 61.1 Å². The second kappa shape index (κ2) is 13.9. The van der Waals surface area contributed by atoms with E-state index in [1.54, 1.807) is 0 Å². The van der Waals surface area contributed by atoms with Crippen LogP contribution >= 0.6 is 11.8 Å². The van der Waals surface area contributed by atoms with Crippen LogP contribution in [0.5, 0.6) is 0 Å². The Labute approximate surface area is 84.9 Å². The molecule has 0 saturated carbocycles. The minimum absolute atomic E-state index is 0. The van der Waals surface area contributed by atoms with Gasteiger partial charge in [-0.2, -0.15) is 11.8 Å². The molecular weight excluding hydrogens is 164 g/mol. The molecule has 0 radical (unpaired) electrons. The summed E-state index contributed by atoms with van der Waals surface area (Å²) in [6.07, 6.45) is 7.85. The van der Waals surface area contributed by atoms with Gasteiger partial charge in [-0.3, -0.25) is 0 Å². The van der Waals surface area contributed by atoms with Crippen molar-refractivity contribution in [3.8, 4) is 0 Å². The lowest BCUT2D eigenvalue weighted by atomic mass is 10.2. The van der Waals surface area contributed by atoms with Crippen LogP contribution in [0.25, 0.3) is 0 Å². The zero-order valence-electron chi connectivity index (χ0n) is 8.77. The summed E-state index contributed by atoms with van der Waals surface area (Å²) in [5.74, 6) is 2.60. The maximum atomic E-state index is 6.96. The second-order valence-electron chi connectivity index (χ2n) is 2.88. The summed E-state index contributed by atoms with van der Waals surface area (Å²) in [4.78, 5) is 0. The molecule has 0 heterocycles. The van der Waals surface area contributed by atoms with Gasteiger partial charge in [0.1, 0.15) is 0 Å². The van der Waals surface area contributed by atoms with Crippen LogP contribution in [-0.4, -0.2) is 11.5 Å². The maximum absolute atomic E-state index is 6.96. The smallest absolute Gasteiger partial charge is 0.0230 e. The van der Waals surface area contributed by atoms with Gasteiger partial charge < -0.3 is 0 Å². The normalized spacial score (nSPS) is 10.6. The molecule has 12 heavy (non-hydrogen) atoms. The van der Waals surface area contributed by atoms with Gasteiger partial charge in [-0.1, -0.05) is 46.9 Å². The molecule has 0 fully saturated rings. The predicted molar refractivity (Wildman–Crippen MR) is 63.1 cm³/mol. The first-order valence-corrected chi connectivity index (χ1v) is 5.94. The van der Waals surface area contributed by atoms with Gasteiger partial charge in [0.05, 0.1) is 0 Å². The number of thioether (sulfide) groups is 1. The topological polar surface area (TPSA) is 0 Å². The van der Waals surface area contributed by atoms with Crippen LogP contribution in [0.4, 0.5) is 0 Å². The van der Waals surface area contributed by atoms with E-state index in [1.807, 2.05) is 0 Å². The largest absolute Gasteiger partial charge is 0.162 e. The monoisotopic (exact) mass is 192 g/mol.